The second-order valence-corrected chi connectivity index (χ2v) is 6.78. The fourth-order valence-electron chi connectivity index (χ4n) is 2.35. The molecule has 1 N–H and O–H groups in total. The summed E-state index contributed by atoms with van der Waals surface area (Å²) >= 11 is 5.93. The number of nitrogens with one attached hydrogen (secondary N) is 1. The van der Waals surface area contributed by atoms with Crippen molar-refractivity contribution < 1.29 is 19.1 Å². The third kappa shape index (κ3) is 7.31. The number of carbonyl (C=O) groups excluding carboxylic acids is 2. The summed E-state index contributed by atoms with van der Waals surface area (Å²) in [6, 6.07) is 15.1. The molecule has 0 saturated heterocycles. The van der Waals surface area contributed by atoms with E-state index < -0.39 is 5.97 Å². The topological polar surface area (TPSA) is 64.6 Å². The molecule has 144 valence electrons. The van der Waals surface area contributed by atoms with Crippen LogP contribution >= 0.6 is 11.6 Å². The minimum Gasteiger partial charge on any atom is -0.480 e. The predicted molar refractivity (Wildman–Crippen MR) is 105 cm³/mol. The molecule has 0 radical (unpaired) electrons. The van der Waals surface area contributed by atoms with Gasteiger partial charge in [-0.05, 0) is 35.6 Å². The van der Waals surface area contributed by atoms with Crippen LogP contribution in [0.4, 0.5) is 0 Å². The van der Waals surface area contributed by atoms with Gasteiger partial charge in [0.05, 0.1) is 5.02 Å². The number of para-hydroxylation sites is 1. The van der Waals surface area contributed by atoms with Crippen LogP contribution < -0.4 is 10.1 Å². The van der Waals surface area contributed by atoms with Crippen molar-refractivity contribution in [3.05, 3.63) is 64.7 Å². The fraction of sp³-hybridized carbons (Fsp3) is 0.333. The van der Waals surface area contributed by atoms with E-state index in [1.165, 1.54) is 5.56 Å². The zero-order chi connectivity index (χ0) is 19.6. The molecule has 1 amide bonds. The number of halogens is 1. The molecule has 5 nitrogen and oxygen atoms in total. The van der Waals surface area contributed by atoms with Gasteiger partial charge in [-0.25, -0.2) is 4.79 Å². The molecule has 0 fully saturated rings. The average molecular weight is 390 g/mol. The van der Waals surface area contributed by atoms with E-state index in [1.807, 2.05) is 0 Å². The van der Waals surface area contributed by atoms with Gasteiger partial charge in [0.1, 0.15) is 5.75 Å². The Morgan fingerprint density at radius 3 is 2.41 bits per heavy atom. The summed E-state index contributed by atoms with van der Waals surface area (Å²) < 4.78 is 10.1. The van der Waals surface area contributed by atoms with Gasteiger partial charge in [0, 0.05) is 6.54 Å². The molecular formula is C21H24ClNO4. The van der Waals surface area contributed by atoms with Gasteiger partial charge in [-0.2, -0.15) is 0 Å². The number of amides is 1. The molecule has 0 aromatic heterocycles. The highest BCUT2D eigenvalue weighted by atomic mass is 35.5. The van der Waals surface area contributed by atoms with Gasteiger partial charge in [0.25, 0.3) is 5.91 Å². The third-order valence-corrected chi connectivity index (χ3v) is 4.24. The van der Waals surface area contributed by atoms with Crippen LogP contribution in [0, 0.1) is 0 Å². The minimum atomic E-state index is -0.630. The van der Waals surface area contributed by atoms with E-state index in [0.29, 0.717) is 29.7 Å². The average Bonchev–Trinajstić information content (AvgIpc) is 2.66. The third-order valence-electron chi connectivity index (χ3n) is 3.93. The van der Waals surface area contributed by atoms with E-state index in [2.05, 4.69) is 43.4 Å². The maximum absolute atomic E-state index is 11.8. The number of carbonyl (C=O) groups is 2. The van der Waals surface area contributed by atoms with Gasteiger partial charge >= 0.3 is 5.97 Å². The standard InChI is InChI=1S/C21H24ClNO4/c1-15(2)17-9-7-16(8-10-17)11-12-23-20(24)13-27-21(25)14-26-19-6-4-3-5-18(19)22/h3-10,15H,11-14H2,1-2H3,(H,23,24). The summed E-state index contributed by atoms with van der Waals surface area (Å²) in [7, 11) is 0. The van der Waals surface area contributed by atoms with E-state index in [4.69, 9.17) is 21.1 Å². The molecule has 0 atom stereocenters. The Morgan fingerprint density at radius 2 is 1.74 bits per heavy atom. The highest BCUT2D eigenvalue weighted by Gasteiger charge is 2.09. The normalized spacial score (nSPS) is 10.5. The summed E-state index contributed by atoms with van der Waals surface area (Å²) in [5, 5.41) is 3.14. The van der Waals surface area contributed by atoms with Crippen LogP contribution in [0.1, 0.15) is 30.9 Å². The number of hydrogen-bond donors (Lipinski definition) is 1. The monoisotopic (exact) mass is 389 g/mol. The van der Waals surface area contributed by atoms with Crippen molar-refractivity contribution in [2.45, 2.75) is 26.2 Å². The van der Waals surface area contributed by atoms with E-state index in [9.17, 15) is 9.59 Å². The van der Waals surface area contributed by atoms with Gasteiger partial charge < -0.3 is 14.8 Å². The van der Waals surface area contributed by atoms with Gasteiger partial charge in [0.15, 0.2) is 13.2 Å². The number of hydrogen-bond acceptors (Lipinski definition) is 4. The van der Waals surface area contributed by atoms with E-state index in [-0.39, 0.29) is 19.1 Å². The van der Waals surface area contributed by atoms with E-state index >= 15 is 0 Å². The van der Waals surface area contributed by atoms with Crippen LogP contribution in [0.15, 0.2) is 48.5 Å². The number of ether oxygens (including phenoxy) is 2. The van der Waals surface area contributed by atoms with Crippen molar-refractivity contribution in [1.29, 1.82) is 0 Å². The summed E-state index contributed by atoms with van der Waals surface area (Å²) in [6.45, 7) is 4.13. The Bertz CT molecular complexity index is 759. The van der Waals surface area contributed by atoms with Crippen LogP contribution in [-0.4, -0.2) is 31.6 Å². The van der Waals surface area contributed by atoms with E-state index in [1.54, 1.807) is 24.3 Å². The van der Waals surface area contributed by atoms with Gasteiger partial charge in [-0.1, -0.05) is 61.8 Å². The second kappa shape index (κ2) is 10.6. The first-order valence-electron chi connectivity index (χ1n) is 8.84. The molecule has 2 aromatic carbocycles. The lowest BCUT2D eigenvalue weighted by Gasteiger charge is -2.09. The van der Waals surface area contributed by atoms with Gasteiger partial charge in [-0.3, -0.25) is 4.79 Å². The Kier molecular flexibility index (Phi) is 8.14. The molecule has 6 heteroatoms. The van der Waals surface area contributed by atoms with Crippen molar-refractivity contribution in [1.82, 2.24) is 5.32 Å². The molecule has 0 unspecified atom stereocenters. The Balaban J connectivity index is 1.62. The molecule has 27 heavy (non-hydrogen) atoms. The van der Waals surface area contributed by atoms with Crippen molar-refractivity contribution in [2.24, 2.45) is 0 Å². The molecular weight excluding hydrogens is 366 g/mol. The first-order chi connectivity index (χ1) is 13.0. The van der Waals surface area contributed by atoms with Crippen molar-refractivity contribution in [3.63, 3.8) is 0 Å². The molecule has 0 saturated carbocycles. The second-order valence-electron chi connectivity index (χ2n) is 6.38. The Morgan fingerprint density at radius 1 is 1.04 bits per heavy atom. The zero-order valence-electron chi connectivity index (χ0n) is 15.5. The summed E-state index contributed by atoms with van der Waals surface area (Å²) in [4.78, 5) is 23.4. The maximum atomic E-state index is 11.8. The van der Waals surface area contributed by atoms with Crippen LogP contribution in [0.25, 0.3) is 0 Å². The first-order valence-corrected chi connectivity index (χ1v) is 9.22. The zero-order valence-corrected chi connectivity index (χ0v) is 16.3. The summed E-state index contributed by atoms with van der Waals surface area (Å²) in [6.07, 6.45) is 0.716. The lowest BCUT2D eigenvalue weighted by molar-refractivity contribution is -0.150. The molecule has 0 aliphatic rings. The van der Waals surface area contributed by atoms with Gasteiger partial charge in [-0.15, -0.1) is 0 Å². The minimum absolute atomic E-state index is 0.306. The highest BCUT2D eigenvalue weighted by Crippen LogP contribution is 2.22. The molecule has 0 bridgehead atoms. The first kappa shape index (κ1) is 20.8. The summed E-state index contributed by atoms with van der Waals surface area (Å²) in [5.41, 5.74) is 2.43. The van der Waals surface area contributed by atoms with Crippen LogP contribution in [0.2, 0.25) is 5.02 Å². The molecule has 0 spiro atoms. The smallest absolute Gasteiger partial charge is 0.344 e. The van der Waals surface area contributed by atoms with E-state index in [0.717, 1.165) is 5.56 Å². The molecule has 0 heterocycles. The molecule has 0 aliphatic heterocycles. The lowest BCUT2D eigenvalue weighted by Crippen LogP contribution is -2.31. The Labute approximate surface area is 164 Å². The molecule has 2 rings (SSSR count). The molecule has 0 aliphatic carbocycles. The maximum Gasteiger partial charge on any atom is 0.344 e. The van der Waals surface area contributed by atoms with Crippen LogP contribution in [0.5, 0.6) is 5.75 Å². The number of benzene rings is 2. The SMILES string of the molecule is CC(C)c1ccc(CCNC(=O)COC(=O)COc2ccccc2Cl)cc1. The van der Waals surface area contributed by atoms with Gasteiger partial charge in [0.2, 0.25) is 0 Å². The van der Waals surface area contributed by atoms with Crippen LogP contribution in [-0.2, 0) is 20.7 Å². The highest BCUT2D eigenvalue weighted by molar-refractivity contribution is 6.32. The van der Waals surface area contributed by atoms with Crippen molar-refractivity contribution >= 4 is 23.5 Å². The van der Waals surface area contributed by atoms with Crippen LogP contribution in [0.3, 0.4) is 0 Å². The Hall–Kier alpha value is -2.53. The lowest BCUT2D eigenvalue weighted by atomic mass is 10.0. The predicted octanol–water partition coefficient (Wildman–Crippen LogP) is 3.74. The summed E-state index contributed by atoms with van der Waals surface area (Å²) in [5.74, 6) is -0.0892. The van der Waals surface area contributed by atoms with Crippen molar-refractivity contribution in [3.8, 4) is 5.75 Å². The fourth-order valence-corrected chi connectivity index (χ4v) is 2.54. The number of esters is 1. The molecule has 2 aromatic rings. The van der Waals surface area contributed by atoms with Crippen molar-refractivity contribution in [2.75, 3.05) is 19.8 Å². The quantitative estimate of drug-likeness (QED) is 0.663. The number of rotatable bonds is 9. The largest absolute Gasteiger partial charge is 0.480 e.